The molecular formula is C29H40N6O3. The molecule has 0 radical (unpaired) electrons. The van der Waals surface area contributed by atoms with Crippen LogP contribution < -0.4 is 5.32 Å². The average molecular weight is 521 g/mol. The van der Waals surface area contributed by atoms with Crippen molar-refractivity contribution in [2.24, 2.45) is 0 Å². The van der Waals surface area contributed by atoms with Crippen molar-refractivity contribution < 1.29 is 14.3 Å². The van der Waals surface area contributed by atoms with Gasteiger partial charge in [0.15, 0.2) is 0 Å². The molecular weight excluding hydrogens is 480 g/mol. The van der Waals surface area contributed by atoms with Gasteiger partial charge in [0.1, 0.15) is 18.1 Å². The molecule has 38 heavy (non-hydrogen) atoms. The van der Waals surface area contributed by atoms with Crippen LogP contribution in [0.5, 0.6) is 0 Å². The van der Waals surface area contributed by atoms with Gasteiger partial charge >= 0.3 is 0 Å². The van der Waals surface area contributed by atoms with E-state index in [4.69, 9.17) is 4.74 Å². The van der Waals surface area contributed by atoms with Gasteiger partial charge in [0.2, 0.25) is 11.8 Å². The minimum absolute atomic E-state index is 0.00236. The highest BCUT2D eigenvalue weighted by Gasteiger charge is 2.34. The summed E-state index contributed by atoms with van der Waals surface area (Å²) < 4.78 is 7.12. The van der Waals surface area contributed by atoms with E-state index in [0.717, 1.165) is 42.5 Å². The van der Waals surface area contributed by atoms with E-state index < -0.39 is 11.6 Å². The Morgan fingerprint density at radius 1 is 1.08 bits per heavy atom. The third-order valence-electron chi connectivity index (χ3n) is 7.40. The molecule has 2 heterocycles. The predicted molar refractivity (Wildman–Crippen MR) is 148 cm³/mol. The Hall–Kier alpha value is -3.30. The number of hydrogen-bond donors (Lipinski definition) is 1. The Morgan fingerprint density at radius 3 is 2.47 bits per heavy atom. The summed E-state index contributed by atoms with van der Waals surface area (Å²) in [7, 11) is 0. The van der Waals surface area contributed by atoms with Gasteiger partial charge in [0.25, 0.3) is 0 Å². The SMILES string of the molecule is CCc1ccc([C@H](C(=O)NC(C)(C)CC)N(CCN2CCOCC2)C(=O)Cn2nnc3ccccc32)cc1. The van der Waals surface area contributed by atoms with Gasteiger partial charge in [-0.3, -0.25) is 14.5 Å². The van der Waals surface area contributed by atoms with Crippen LogP contribution in [-0.2, 0) is 27.3 Å². The number of fused-ring (bicyclic) bond motifs is 1. The predicted octanol–water partition coefficient (Wildman–Crippen LogP) is 3.20. The summed E-state index contributed by atoms with van der Waals surface area (Å²) >= 11 is 0. The van der Waals surface area contributed by atoms with Crippen molar-refractivity contribution in [2.45, 2.75) is 58.7 Å². The number of nitrogens with one attached hydrogen (secondary N) is 1. The minimum atomic E-state index is -0.768. The van der Waals surface area contributed by atoms with Crippen molar-refractivity contribution in [3.05, 3.63) is 59.7 Å². The molecule has 9 heteroatoms. The normalized spacial score (nSPS) is 15.4. The number of aromatic nitrogens is 3. The van der Waals surface area contributed by atoms with Crippen LogP contribution in [0.1, 0.15) is 51.3 Å². The molecule has 204 valence electrons. The largest absolute Gasteiger partial charge is 0.379 e. The molecule has 0 bridgehead atoms. The molecule has 0 unspecified atom stereocenters. The topological polar surface area (TPSA) is 92.6 Å². The Kier molecular flexibility index (Phi) is 9.12. The first-order valence-electron chi connectivity index (χ1n) is 13.6. The lowest BCUT2D eigenvalue weighted by molar-refractivity contribution is -0.142. The Labute approximate surface area is 225 Å². The first-order valence-corrected chi connectivity index (χ1v) is 13.6. The monoisotopic (exact) mass is 520 g/mol. The van der Waals surface area contributed by atoms with Crippen LogP contribution in [0, 0.1) is 0 Å². The zero-order chi connectivity index (χ0) is 27.1. The fraction of sp³-hybridized carbons (Fsp3) is 0.517. The summed E-state index contributed by atoms with van der Waals surface area (Å²) in [6, 6.07) is 14.8. The summed E-state index contributed by atoms with van der Waals surface area (Å²) in [5.74, 6) is -0.359. The van der Waals surface area contributed by atoms with Gasteiger partial charge in [0, 0.05) is 31.7 Å². The standard InChI is InChI=1S/C29H40N6O3/c1-5-22-11-13-23(14-12-22)27(28(37)30-29(3,4)6-2)34(16-15-33-17-19-38-20-18-33)26(36)21-35-25-10-8-7-9-24(25)31-32-35/h7-14,27H,5-6,15-21H2,1-4H3,(H,30,37)/t27-/m1/s1. The lowest BCUT2D eigenvalue weighted by Crippen LogP contribution is -2.52. The van der Waals surface area contributed by atoms with Crippen molar-refractivity contribution in [2.75, 3.05) is 39.4 Å². The smallest absolute Gasteiger partial charge is 0.247 e. The lowest BCUT2D eigenvalue weighted by Gasteiger charge is -2.36. The van der Waals surface area contributed by atoms with Crippen molar-refractivity contribution in [1.29, 1.82) is 0 Å². The lowest BCUT2D eigenvalue weighted by atomic mass is 9.97. The van der Waals surface area contributed by atoms with E-state index >= 15 is 0 Å². The van der Waals surface area contributed by atoms with E-state index in [0.29, 0.717) is 26.3 Å². The Bertz CT molecular complexity index is 1220. The van der Waals surface area contributed by atoms with Crippen LogP contribution in [0.3, 0.4) is 0 Å². The molecule has 0 aliphatic carbocycles. The summed E-state index contributed by atoms with van der Waals surface area (Å²) in [4.78, 5) is 31.9. The second-order valence-electron chi connectivity index (χ2n) is 10.5. The van der Waals surface area contributed by atoms with Crippen LogP contribution in [0.4, 0.5) is 0 Å². The molecule has 1 aliphatic heterocycles. The van der Waals surface area contributed by atoms with Crippen molar-refractivity contribution in [3.63, 3.8) is 0 Å². The highest BCUT2D eigenvalue weighted by atomic mass is 16.5. The number of morpholine rings is 1. The Balaban J connectivity index is 1.68. The molecule has 0 spiro atoms. The van der Waals surface area contributed by atoms with Gasteiger partial charge in [-0.1, -0.05) is 55.5 Å². The van der Waals surface area contributed by atoms with Crippen LogP contribution in [0.2, 0.25) is 0 Å². The van der Waals surface area contributed by atoms with Crippen molar-refractivity contribution >= 4 is 22.8 Å². The number of amides is 2. The summed E-state index contributed by atoms with van der Waals surface area (Å²) in [5, 5.41) is 11.6. The zero-order valence-electron chi connectivity index (χ0n) is 23.0. The van der Waals surface area contributed by atoms with Crippen molar-refractivity contribution in [3.8, 4) is 0 Å². The number of para-hydroxylation sites is 1. The minimum Gasteiger partial charge on any atom is -0.379 e. The van der Waals surface area contributed by atoms with E-state index in [1.165, 1.54) is 5.56 Å². The quantitative estimate of drug-likeness (QED) is 0.418. The van der Waals surface area contributed by atoms with E-state index in [2.05, 4.69) is 27.5 Å². The third kappa shape index (κ3) is 6.76. The fourth-order valence-electron chi connectivity index (χ4n) is 4.62. The van der Waals surface area contributed by atoms with E-state index in [1.807, 2.05) is 69.3 Å². The fourth-order valence-corrected chi connectivity index (χ4v) is 4.62. The molecule has 4 rings (SSSR count). The molecule has 1 aliphatic rings. The summed E-state index contributed by atoms with van der Waals surface area (Å²) in [6.07, 6.45) is 1.67. The van der Waals surface area contributed by atoms with Crippen LogP contribution in [0.15, 0.2) is 48.5 Å². The van der Waals surface area contributed by atoms with E-state index in [1.54, 1.807) is 9.58 Å². The maximum Gasteiger partial charge on any atom is 0.247 e. The first kappa shape index (κ1) is 27.7. The highest BCUT2D eigenvalue weighted by Crippen LogP contribution is 2.25. The van der Waals surface area contributed by atoms with Crippen molar-refractivity contribution in [1.82, 2.24) is 30.1 Å². The number of aryl methyl sites for hydroxylation is 1. The maximum absolute atomic E-state index is 14.0. The van der Waals surface area contributed by atoms with E-state index in [9.17, 15) is 9.59 Å². The molecule has 0 saturated carbocycles. The Morgan fingerprint density at radius 2 is 1.79 bits per heavy atom. The highest BCUT2D eigenvalue weighted by molar-refractivity contribution is 5.89. The number of rotatable bonds is 11. The van der Waals surface area contributed by atoms with Gasteiger partial charge in [-0.25, -0.2) is 4.68 Å². The number of hydrogen-bond acceptors (Lipinski definition) is 6. The third-order valence-corrected chi connectivity index (χ3v) is 7.40. The number of carbonyl (C=O) groups excluding carboxylic acids is 2. The maximum atomic E-state index is 14.0. The van der Waals surface area contributed by atoms with Crippen LogP contribution in [-0.4, -0.2) is 81.5 Å². The molecule has 2 amide bonds. The van der Waals surface area contributed by atoms with Gasteiger partial charge in [-0.2, -0.15) is 0 Å². The van der Waals surface area contributed by atoms with Gasteiger partial charge in [-0.05, 0) is 49.9 Å². The van der Waals surface area contributed by atoms with E-state index in [-0.39, 0.29) is 18.4 Å². The molecule has 1 saturated heterocycles. The first-order chi connectivity index (χ1) is 18.3. The number of nitrogens with zero attached hydrogens (tertiary/aromatic N) is 5. The van der Waals surface area contributed by atoms with Crippen LogP contribution in [0.25, 0.3) is 11.0 Å². The van der Waals surface area contributed by atoms with Crippen LogP contribution >= 0.6 is 0 Å². The molecule has 1 aromatic heterocycles. The molecule has 2 aromatic carbocycles. The number of carbonyl (C=O) groups is 2. The van der Waals surface area contributed by atoms with Gasteiger partial charge in [0.05, 0.1) is 18.7 Å². The van der Waals surface area contributed by atoms with Gasteiger partial charge < -0.3 is 15.0 Å². The van der Waals surface area contributed by atoms with Gasteiger partial charge in [-0.15, -0.1) is 5.10 Å². The second-order valence-corrected chi connectivity index (χ2v) is 10.5. The number of benzene rings is 2. The number of ether oxygens (including phenoxy) is 1. The molecule has 3 aromatic rings. The average Bonchev–Trinajstić information content (AvgIpc) is 3.34. The molecule has 9 nitrogen and oxygen atoms in total. The molecule has 1 atom stereocenters. The summed E-state index contributed by atoms with van der Waals surface area (Å²) in [6.45, 7) is 12.2. The summed E-state index contributed by atoms with van der Waals surface area (Å²) in [5.41, 5.74) is 3.09. The molecule has 1 fully saturated rings. The molecule has 1 N–H and O–H groups in total. The zero-order valence-corrected chi connectivity index (χ0v) is 23.0. The second kappa shape index (κ2) is 12.5.